The van der Waals surface area contributed by atoms with Crippen LogP contribution in [-0.4, -0.2) is 10.6 Å². The summed E-state index contributed by atoms with van der Waals surface area (Å²) < 4.78 is 2.48. The SMILES string of the molecule is C1=CC2C(C(n3c4ccccc4c4ccccc43)=C1)c1ccccc1N2c1ccccc1. The van der Waals surface area contributed by atoms with Gasteiger partial charge in [0.1, 0.15) is 0 Å². The van der Waals surface area contributed by atoms with E-state index in [1.165, 1.54) is 44.4 Å². The van der Waals surface area contributed by atoms with Gasteiger partial charge in [0.05, 0.1) is 23.0 Å². The molecule has 5 aromatic rings. The molecule has 32 heavy (non-hydrogen) atoms. The Bertz CT molecular complexity index is 1480. The van der Waals surface area contributed by atoms with Gasteiger partial charge in [0.15, 0.2) is 0 Å². The summed E-state index contributed by atoms with van der Waals surface area (Å²) in [5.41, 5.74) is 7.79. The smallest absolute Gasteiger partial charge is 0.0650 e. The zero-order valence-electron chi connectivity index (χ0n) is 17.6. The molecule has 0 spiro atoms. The van der Waals surface area contributed by atoms with E-state index in [0.717, 1.165) is 0 Å². The molecule has 7 rings (SSSR count). The van der Waals surface area contributed by atoms with Crippen LogP contribution in [0.3, 0.4) is 0 Å². The summed E-state index contributed by atoms with van der Waals surface area (Å²) in [5, 5.41) is 2.61. The molecular weight excluding hydrogens is 388 g/mol. The summed E-state index contributed by atoms with van der Waals surface area (Å²) in [6, 6.07) is 37.4. The van der Waals surface area contributed by atoms with Crippen molar-refractivity contribution in [3.05, 3.63) is 127 Å². The van der Waals surface area contributed by atoms with Gasteiger partial charge in [-0.3, -0.25) is 0 Å². The predicted octanol–water partition coefficient (Wildman–Crippen LogP) is 7.51. The van der Waals surface area contributed by atoms with E-state index in [-0.39, 0.29) is 12.0 Å². The van der Waals surface area contributed by atoms with Crippen LogP contribution in [0.15, 0.2) is 121 Å². The largest absolute Gasteiger partial charge is 0.333 e. The van der Waals surface area contributed by atoms with Crippen LogP contribution >= 0.6 is 0 Å². The Hall–Kier alpha value is -4.04. The molecule has 1 aromatic heterocycles. The molecule has 2 heterocycles. The second-order valence-electron chi connectivity index (χ2n) is 8.58. The van der Waals surface area contributed by atoms with Crippen LogP contribution in [0.5, 0.6) is 0 Å². The minimum absolute atomic E-state index is 0.245. The normalized spacial score (nSPS) is 19.2. The molecule has 2 nitrogen and oxygen atoms in total. The standard InChI is InChI=1S/C30H22N2/c1-2-11-21(12-3-1)31-27-18-9-6-15-24(27)30-28(31)19-10-20-29(30)32-25-16-7-4-13-22(25)23-14-5-8-17-26(23)32/h1-20,28,30H. The summed E-state index contributed by atoms with van der Waals surface area (Å²) in [6.45, 7) is 0. The van der Waals surface area contributed by atoms with Crippen molar-refractivity contribution in [1.82, 2.24) is 4.57 Å². The number of hydrogen-bond acceptors (Lipinski definition) is 1. The van der Waals surface area contributed by atoms with Crippen molar-refractivity contribution in [2.24, 2.45) is 0 Å². The van der Waals surface area contributed by atoms with Crippen molar-refractivity contribution in [2.45, 2.75) is 12.0 Å². The minimum Gasteiger partial charge on any atom is -0.333 e. The zero-order valence-corrected chi connectivity index (χ0v) is 17.6. The Labute approximate surface area is 187 Å². The lowest BCUT2D eigenvalue weighted by atomic mass is 9.87. The van der Waals surface area contributed by atoms with Crippen LogP contribution in [-0.2, 0) is 0 Å². The Morgan fingerprint density at radius 1 is 0.594 bits per heavy atom. The van der Waals surface area contributed by atoms with Gasteiger partial charge in [0.25, 0.3) is 0 Å². The number of aromatic nitrogens is 1. The third-order valence-electron chi connectivity index (χ3n) is 6.94. The topological polar surface area (TPSA) is 8.17 Å². The molecule has 2 aliphatic rings. The first kappa shape index (κ1) is 17.6. The Morgan fingerprint density at radius 3 is 1.97 bits per heavy atom. The van der Waals surface area contributed by atoms with Gasteiger partial charge in [-0.05, 0) is 42.0 Å². The third-order valence-corrected chi connectivity index (χ3v) is 6.94. The van der Waals surface area contributed by atoms with E-state index in [4.69, 9.17) is 0 Å². The molecular formula is C30H22N2. The van der Waals surface area contributed by atoms with Crippen molar-refractivity contribution in [3.8, 4) is 0 Å². The van der Waals surface area contributed by atoms with Crippen LogP contribution in [0, 0.1) is 0 Å². The van der Waals surface area contributed by atoms with Gasteiger partial charge >= 0.3 is 0 Å². The quantitative estimate of drug-likeness (QED) is 0.292. The number of rotatable bonds is 2. The van der Waals surface area contributed by atoms with Crippen molar-refractivity contribution in [1.29, 1.82) is 0 Å². The van der Waals surface area contributed by atoms with Crippen molar-refractivity contribution >= 4 is 38.9 Å². The van der Waals surface area contributed by atoms with Crippen LogP contribution in [0.2, 0.25) is 0 Å². The Morgan fingerprint density at radius 2 is 1.22 bits per heavy atom. The van der Waals surface area contributed by atoms with Gasteiger partial charge in [0, 0.05) is 27.8 Å². The molecule has 0 radical (unpaired) electrons. The fraction of sp³-hybridized carbons (Fsp3) is 0.0667. The average Bonchev–Trinajstić information content (AvgIpc) is 3.38. The van der Waals surface area contributed by atoms with E-state index in [1.807, 2.05) is 0 Å². The zero-order chi connectivity index (χ0) is 21.1. The lowest BCUT2D eigenvalue weighted by Crippen LogP contribution is -2.31. The van der Waals surface area contributed by atoms with E-state index in [0.29, 0.717) is 0 Å². The van der Waals surface area contributed by atoms with Crippen LogP contribution < -0.4 is 4.90 Å². The molecule has 0 saturated heterocycles. The van der Waals surface area contributed by atoms with Crippen molar-refractivity contribution < 1.29 is 0 Å². The molecule has 0 N–H and O–H groups in total. The molecule has 1 aliphatic heterocycles. The van der Waals surface area contributed by atoms with Gasteiger partial charge in [0.2, 0.25) is 0 Å². The fourth-order valence-electron chi connectivity index (χ4n) is 5.68. The van der Waals surface area contributed by atoms with E-state index in [2.05, 4.69) is 131 Å². The molecule has 4 aromatic carbocycles. The van der Waals surface area contributed by atoms with Gasteiger partial charge in [-0.1, -0.05) is 84.9 Å². The number of nitrogens with zero attached hydrogens (tertiary/aromatic N) is 2. The molecule has 2 unspecified atom stereocenters. The minimum atomic E-state index is 0.245. The first-order valence-electron chi connectivity index (χ1n) is 11.2. The van der Waals surface area contributed by atoms with E-state index >= 15 is 0 Å². The highest BCUT2D eigenvalue weighted by Gasteiger charge is 2.41. The Balaban J connectivity index is 1.50. The number of hydrogen-bond donors (Lipinski definition) is 0. The fourth-order valence-corrected chi connectivity index (χ4v) is 5.68. The number of benzene rings is 4. The molecule has 0 fully saturated rings. The van der Waals surface area contributed by atoms with Gasteiger partial charge in [-0.2, -0.15) is 0 Å². The number of allylic oxidation sites excluding steroid dienone is 2. The van der Waals surface area contributed by atoms with Crippen molar-refractivity contribution in [3.63, 3.8) is 0 Å². The molecule has 0 saturated carbocycles. The second-order valence-corrected chi connectivity index (χ2v) is 8.58. The molecule has 2 atom stereocenters. The average molecular weight is 411 g/mol. The monoisotopic (exact) mass is 410 g/mol. The third kappa shape index (κ3) is 2.35. The van der Waals surface area contributed by atoms with E-state index < -0.39 is 0 Å². The summed E-state index contributed by atoms with van der Waals surface area (Å²) in [5.74, 6) is 0.260. The second kappa shape index (κ2) is 6.73. The lowest BCUT2D eigenvalue weighted by molar-refractivity contribution is 0.736. The summed E-state index contributed by atoms with van der Waals surface area (Å²) >= 11 is 0. The number of anilines is 2. The maximum absolute atomic E-state index is 2.50. The van der Waals surface area contributed by atoms with Crippen LogP contribution in [0.1, 0.15) is 11.5 Å². The highest BCUT2D eigenvalue weighted by Crippen LogP contribution is 2.52. The highest BCUT2D eigenvalue weighted by atomic mass is 15.2. The highest BCUT2D eigenvalue weighted by molar-refractivity contribution is 6.10. The predicted molar refractivity (Wildman–Crippen MR) is 134 cm³/mol. The van der Waals surface area contributed by atoms with Gasteiger partial charge in [-0.25, -0.2) is 0 Å². The first-order valence-corrected chi connectivity index (χ1v) is 11.2. The van der Waals surface area contributed by atoms with Crippen LogP contribution in [0.4, 0.5) is 11.4 Å². The van der Waals surface area contributed by atoms with Crippen molar-refractivity contribution in [2.75, 3.05) is 4.90 Å². The van der Waals surface area contributed by atoms with E-state index in [1.54, 1.807) is 0 Å². The lowest BCUT2D eigenvalue weighted by Gasteiger charge is -2.32. The summed E-state index contributed by atoms with van der Waals surface area (Å²) in [7, 11) is 0. The molecule has 152 valence electrons. The van der Waals surface area contributed by atoms with E-state index in [9.17, 15) is 0 Å². The molecule has 2 heteroatoms. The Kier molecular flexibility index (Phi) is 3.71. The van der Waals surface area contributed by atoms with Crippen LogP contribution in [0.25, 0.3) is 27.5 Å². The molecule has 0 amide bonds. The maximum Gasteiger partial charge on any atom is 0.0650 e. The van der Waals surface area contributed by atoms with Gasteiger partial charge < -0.3 is 9.47 Å². The number of fused-ring (bicyclic) bond motifs is 6. The summed E-state index contributed by atoms with van der Waals surface area (Å²) in [6.07, 6.45) is 6.90. The molecule has 1 aliphatic carbocycles. The summed E-state index contributed by atoms with van der Waals surface area (Å²) in [4.78, 5) is 2.50. The first-order chi connectivity index (χ1) is 15.9. The maximum atomic E-state index is 2.50. The molecule has 0 bridgehead atoms. The number of para-hydroxylation sites is 4. The van der Waals surface area contributed by atoms with Gasteiger partial charge in [-0.15, -0.1) is 0 Å².